The highest BCUT2D eigenvalue weighted by atomic mass is 16.2. The minimum atomic E-state index is -0.0504. The van der Waals surface area contributed by atoms with Crippen molar-refractivity contribution in [3.63, 3.8) is 0 Å². The summed E-state index contributed by atoms with van der Waals surface area (Å²) in [6.45, 7) is 8.95. The molecule has 0 aliphatic carbocycles. The Morgan fingerprint density at radius 2 is 2.05 bits per heavy atom. The van der Waals surface area contributed by atoms with Crippen LogP contribution in [0.5, 0.6) is 0 Å². The van der Waals surface area contributed by atoms with Crippen molar-refractivity contribution in [3.05, 3.63) is 23.9 Å². The van der Waals surface area contributed by atoms with Crippen LogP contribution in [-0.2, 0) is 0 Å². The fraction of sp³-hybridized carbons (Fsp3) is 0.467. The number of carbonyl (C=O) groups is 1. The molecule has 1 amide bonds. The monoisotopic (exact) mass is 274 g/mol. The van der Waals surface area contributed by atoms with Gasteiger partial charge >= 0.3 is 0 Å². The first kappa shape index (κ1) is 14.4. The second-order valence-corrected chi connectivity index (χ2v) is 5.82. The summed E-state index contributed by atoms with van der Waals surface area (Å²) < 4.78 is 0. The zero-order valence-corrected chi connectivity index (χ0v) is 12.5. The Kier molecular flexibility index (Phi) is 3.97. The molecule has 5 heteroatoms. The van der Waals surface area contributed by atoms with Gasteiger partial charge in [0.15, 0.2) is 5.69 Å². The zero-order chi connectivity index (χ0) is 14.9. The van der Waals surface area contributed by atoms with Gasteiger partial charge in [-0.25, -0.2) is 0 Å². The molecular formula is C15H22N4O. The largest absolute Gasteiger partial charge is 0.399 e. The predicted octanol–water partition coefficient (Wildman–Crippen LogP) is 2.65. The number of benzene rings is 1. The van der Waals surface area contributed by atoms with E-state index in [1.807, 2.05) is 24.8 Å². The molecule has 0 fully saturated rings. The van der Waals surface area contributed by atoms with Gasteiger partial charge in [-0.2, -0.15) is 5.10 Å². The van der Waals surface area contributed by atoms with E-state index in [0.717, 1.165) is 10.9 Å². The minimum Gasteiger partial charge on any atom is -0.399 e. The molecule has 0 saturated heterocycles. The van der Waals surface area contributed by atoms with Crippen molar-refractivity contribution in [2.45, 2.75) is 33.7 Å². The van der Waals surface area contributed by atoms with Crippen molar-refractivity contribution in [1.29, 1.82) is 0 Å². The number of hydrogen-bond donors (Lipinski definition) is 2. The third-order valence-electron chi connectivity index (χ3n) is 3.24. The SMILES string of the molecule is CC(C)CN(C(=O)c1n[nH]c2ccc(N)cc12)C(C)C. The highest BCUT2D eigenvalue weighted by Gasteiger charge is 2.23. The molecule has 0 aliphatic rings. The number of fused-ring (bicyclic) bond motifs is 1. The number of nitrogen functional groups attached to an aromatic ring is 1. The Labute approximate surface area is 119 Å². The standard InChI is InChI=1S/C15H22N4O/c1-9(2)8-19(10(3)4)15(20)14-12-7-11(16)5-6-13(12)17-18-14/h5-7,9-10H,8,16H2,1-4H3,(H,17,18). The van der Waals surface area contributed by atoms with Crippen LogP contribution in [0.3, 0.4) is 0 Å². The lowest BCUT2D eigenvalue weighted by atomic mass is 10.1. The van der Waals surface area contributed by atoms with Crippen molar-refractivity contribution in [2.75, 3.05) is 12.3 Å². The lowest BCUT2D eigenvalue weighted by Crippen LogP contribution is -2.39. The normalized spacial score (nSPS) is 11.5. The van der Waals surface area contributed by atoms with Crippen molar-refractivity contribution in [3.8, 4) is 0 Å². The zero-order valence-electron chi connectivity index (χ0n) is 12.5. The number of hydrogen-bond acceptors (Lipinski definition) is 3. The molecule has 5 nitrogen and oxygen atoms in total. The maximum Gasteiger partial charge on any atom is 0.275 e. The third-order valence-corrected chi connectivity index (χ3v) is 3.24. The van der Waals surface area contributed by atoms with Crippen LogP contribution in [0, 0.1) is 5.92 Å². The van der Waals surface area contributed by atoms with E-state index >= 15 is 0 Å². The second-order valence-electron chi connectivity index (χ2n) is 5.82. The topological polar surface area (TPSA) is 75.0 Å². The summed E-state index contributed by atoms with van der Waals surface area (Å²) in [6.07, 6.45) is 0. The molecule has 0 aliphatic heterocycles. The molecule has 0 unspecified atom stereocenters. The van der Waals surface area contributed by atoms with Gasteiger partial charge in [0.1, 0.15) is 0 Å². The molecule has 108 valence electrons. The molecule has 1 aromatic heterocycles. The van der Waals surface area contributed by atoms with E-state index in [1.54, 1.807) is 12.1 Å². The van der Waals surface area contributed by atoms with Gasteiger partial charge in [0.25, 0.3) is 5.91 Å². The van der Waals surface area contributed by atoms with Crippen LogP contribution in [0.25, 0.3) is 10.9 Å². The molecule has 3 N–H and O–H groups in total. The highest BCUT2D eigenvalue weighted by Crippen LogP contribution is 2.21. The first-order valence-corrected chi connectivity index (χ1v) is 6.94. The van der Waals surface area contributed by atoms with Crippen LogP contribution in [0.15, 0.2) is 18.2 Å². The number of aromatic amines is 1. The summed E-state index contributed by atoms with van der Waals surface area (Å²) in [7, 11) is 0. The summed E-state index contributed by atoms with van der Waals surface area (Å²) >= 11 is 0. The Hall–Kier alpha value is -2.04. The molecule has 0 bridgehead atoms. The fourth-order valence-electron chi connectivity index (χ4n) is 2.25. The number of nitrogens with one attached hydrogen (secondary N) is 1. The first-order valence-electron chi connectivity index (χ1n) is 6.94. The average Bonchev–Trinajstić information content (AvgIpc) is 2.77. The van der Waals surface area contributed by atoms with Crippen molar-refractivity contribution in [1.82, 2.24) is 15.1 Å². The van der Waals surface area contributed by atoms with Crippen LogP contribution in [-0.4, -0.2) is 33.6 Å². The number of rotatable bonds is 4. The van der Waals surface area contributed by atoms with Gasteiger partial charge in [-0.1, -0.05) is 13.8 Å². The van der Waals surface area contributed by atoms with E-state index in [0.29, 0.717) is 23.8 Å². The maximum atomic E-state index is 12.7. The number of anilines is 1. The molecular weight excluding hydrogens is 252 g/mol. The number of aromatic nitrogens is 2. The van der Waals surface area contributed by atoms with E-state index in [9.17, 15) is 4.79 Å². The number of nitrogens with zero attached hydrogens (tertiary/aromatic N) is 2. The van der Waals surface area contributed by atoms with Gasteiger partial charge in [-0.15, -0.1) is 0 Å². The van der Waals surface area contributed by atoms with Crippen LogP contribution in [0.2, 0.25) is 0 Å². The predicted molar refractivity (Wildman–Crippen MR) is 81.5 cm³/mol. The lowest BCUT2D eigenvalue weighted by Gasteiger charge is -2.27. The average molecular weight is 274 g/mol. The second kappa shape index (κ2) is 5.53. The van der Waals surface area contributed by atoms with Crippen LogP contribution >= 0.6 is 0 Å². The Balaban J connectivity index is 2.41. The van der Waals surface area contributed by atoms with Gasteiger partial charge in [0.2, 0.25) is 0 Å². The highest BCUT2D eigenvalue weighted by molar-refractivity contribution is 6.05. The van der Waals surface area contributed by atoms with Crippen LogP contribution in [0.1, 0.15) is 38.2 Å². The van der Waals surface area contributed by atoms with Crippen LogP contribution < -0.4 is 5.73 Å². The first-order chi connectivity index (χ1) is 9.40. The van der Waals surface area contributed by atoms with Crippen molar-refractivity contribution in [2.24, 2.45) is 5.92 Å². The summed E-state index contributed by atoms with van der Waals surface area (Å²) in [5, 5.41) is 7.85. The van der Waals surface area contributed by atoms with Crippen LogP contribution in [0.4, 0.5) is 5.69 Å². The molecule has 2 rings (SSSR count). The molecule has 1 aromatic carbocycles. The van der Waals surface area contributed by atoms with Gasteiger partial charge in [0.05, 0.1) is 5.52 Å². The van der Waals surface area contributed by atoms with Crippen molar-refractivity contribution < 1.29 is 4.79 Å². The summed E-state index contributed by atoms with van der Waals surface area (Å²) in [5.74, 6) is 0.363. The van der Waals surface area contributed by atoms with E-state index < -0.39 is 0 Å². The number of carbonyl (C=O) groups excluding carboxylic acids is 1. The molecule has 1 heterocycles. The quantitative estimate of drug-likeness (QED) is 0.842. The van der Waals surface area contributed by atoms with Gasteiger partial charge in [-0.3, -0.25) is 9.89 Å². The molecule has 0 saturated carbocycles. The van der Waals surface area contributed by atoms with E-state index in [1.165, 1.54) is 0 Å². The van der Waals surface area contributed by atoms with E-state index in [-0.39, 0.29) is 11.9 Å². The Morgan fingerprint density at radius 3 is 2.65 bits per heavy atom. The third kappa shape index (κ3) is 2.76. The van der Waals surface area contributed by atoms with E-state index in [4.69, 9.17) is 5.73 Å². The molecule has 0 spiro atoms. The van der Waals surface area contributed by atoms with E-state index in [2.05, 4.69) is 24.0 Å². The number of H-pyrrole nitrogens is 1. The summed E-state index contributed by atoms with van der Waals surface area (Å²) in [5.41, 5.74) is 7.71. The van der Waals surface area contributed by atoms with Gasteiger partial charge in [-0.05, 0) is 38.0 Å². The van der Waals surface area contributed by atoms with Gasteiger partial charge < -0.3 is 10.6 Å². The molecule has 20 heavy (non-hydrogen) atoms. The molecule has 2 aromatic rings. The maximum absolute atomic E-state index is 12.7. The van der Waals surface area contributed by atoms with Gasteiger partial charge in [0, 0.05) is 23.7 Å². The Morgan fingerprint density at radius 1 is 1.35 bits per heavy atom. The minimum absolute atomic E-state index is 0.0504. The number of amides is 1. The molecule has 0 atom stereocenters. The smallest absolute Gasteiger partial charge is 0.275 e. The summed E-state index contributed by atoms with van der Waals surface area (Å²) in [6, 6.07) is 5.57. The molecule has 0 radical (unpaired) electrons. The Bertz CT molecular complexity index is 615. The summed E-state index contributed by atoms with van der Waals surface area (Å²) in [4.78, 5) is 14.6. The fourth-order valence-corrected chi connectivity index (χ4v) is 2.25. The van der Waals surface area contributed by atoms with Crippen molar-refractivity contribution >= 4 is 22.5 Å². The lowest BCUT2D eigenvalue weighted by molar-refractivity contribution is 0.0678. The number of nitrogens with two attached hydrogens (primary N) is 1.